The molecule has 8 heteroatoms. The van der Waals surface area contributed by atoms with Crippen LogP contribution in [0, 0.1) is 4.78 Å². The minimum Gasteiger partial charge on any atom is -0.382 e. The molecule has 120 valence electrons. The Morgan fingerprint density at radius 2 is 2.04 bits per heavy atom. The van der Waals surface area contributed by atoms with Crippen molar-refractivity contribution < 1.29 is 0 Å². The molecule has 1 unspecified atom stereocenters. The molecule has 0 aliphatic rings. The number of anilines is 1. The molecule has 1 aromatic carbocycles. The highest BCUT2D eigenvalue weighted by Crippen LogP contribution is 2.17. The third kappa shape index (κ3) is 3.02. The highest BCUT2D eigenvalue weighted by molar-refractivity contribution is 7.85. The van der Waals surface area contributed by atoms with Crippen LogP contribution in [0.25, 0.3) is 11.2 Å². The fourth-order valence-corrected chi connectivity index (χ4v) is 3.35. The molecule has 3 aromatic rings. The van der Waals surface area contributed by atoms with Crippen molar-refractivity contribution in [2.45, 2.75) is 25.0 Å². The summed E-state index contributed by atoms with van der Waals surface area (Å²) in [5, 5.41) is 0.387. The lowest BCUT2D eigenvalue weighted by molar-refractivity contribution is 0.771. The Morgan fingerprint density at radius 3 is 2.74 bits per heavy atom. The van der Waals surface area contributed by atoms with Crippen molar-refractivity contribution in [2.75, 3.05) is 11.5 Å². The minimum atomic E-state index is -0.827. The summed E-state index contributed by atoms with van der Waals surface area (Å²) in [7, 11) is -0.827. The number of hydrogen-bond donors (Lipinski definition) is 3. The van der Waals surface area contributed by atoms with Crippen LogP contribution in [0.5, 0.6) is 0 Å². The number of aromatic amines is 1. The molecule has 0 saturated carbocycles. The zero-order valence-corrected chi connectivity index (χ0v) is 13.6. The van der Waals surface area contributed by atoms with Crippen molar-refractivity contribution in [3.8, 4) is 0 Å². The number of hydrogen-bond acceptors (Lipinski definition) is 5. The molecule has 1 atom stereocenters. The first kappa shape index (κ1) is 15.4. The zero-order valence-electron chi connectivity index (χ0n) is 12.7. The van der Waals surface area contributed by atoms with Gasteiger partial charge >= 0.3 is 5.69 Å². The predicted molar refractivity (Wildman–Crippen MR) is 91.6 cm³/mol. The van der Waals surface area contributed by atoms with E-state index in [9.17, 15) is 4.79 Å². The molecule has 0 fully saturated rings. The van der Waals surface area contributed by atoms with Gasteiger partial charge in [0.05, 0.1) is 6.54 Å². The maximum atomic E-state index is 12.2. The van der Waals surface area contributed by atoms with Gasteiger partial charge in [0.25, 0.3) is 0 Å². The van der Waals surface area contributed by atoms with Crippen LogP contribution in [-0.4, -0.2) is 25.3 Å². The fraction of sp³-hybridized carbons (Fsp3) is 0.267. The number of nitrogens with one attached hydrogen (secondary N) is 2. The Labute approximate surface area is 135 Å². The van der Waals surface area contributed by atoms with E-state index < -0.39 is 10.7 Å². The molecule has 7 nitrogen and oxygen atoms in total. The topological polar surface area (TPSA) is 113 Å². The molecule has 23 heavy (non-hydrogen) atoms. The third-order valence-corrected chi connectivity index (χ3v) is 4.88. The summed E-state index contributed by atoms with van der Waals surface area (Å²) in [6.45, 7) is 2.41. The number of rotatable bonds is 5. The molecule has 4 N–H and O–H groups in total. The van der Waals surface area contributed by atoms with Gasteiger partial charge < -0.3 is 10.7 Å². The van der Waals surface area contributed by atoms with E-state index in [1.807, 2.05) is 37.3 Å². The number of nitrogen functional groups attached to an aromatic ring is 1. The predicted octanol–water partition coefficient (Wildman–Crippen LogP) is 1.90. The minimum absolute atomic E-state index is 0.217. The van der Waals surface area contributed by atoms with Gasteiger partial charge in [-0.1, -0.05) is 37.3 Å². The number of H-pyrrole nitrogens is 1. The van der Waals surface area contributed by atoms with Crippen molar-refractivity contribution in [3.63, 3.8) is 0 Å². The maximum Gasteiger partial charge on any atom is 0.328 e. The monoisotopic (exact) mass is 330 g/mol. The van der Waals surface area contributed by atoms with Gasteiger partial charge in [0, 0.05) is 5.75 Å². The largest absolute Gasteiger partial charge is 0.382 e. The van der Waals surface area contributed by atoms with Crippen molar-refractivity contribution >= 4 is 27.7 Å². The average molecular weight is 330 g/mol. The summed E-state index contributed by atoms with van der Waals surface area (Å²) in [5.74, 6) is 0.896. The van der Waals surface area contributed by atoms with E-state index in [0.717, 1.165) is 12.0 Å². The summed E-state index contributed by atoms with van der Waals surface area (Å²) in [4.78, 5) is 23.6. The smallest absolute Gasteiger partial charge is 0.328 e. The van der Waals surface area contributed by atoms with Crippen molar-refractivity contribution in [1.29, 1.82) is 4.78 Å². The van der Waals surface area contributed by atoms with E-state index in [4.69, 9.17) is 10.5 Å². The van der Waals surface area contributed by atoms with Crippen LogP contribution in [0.2, 0.25) is 0 Å². The van der Waals surface area contributed by atoms with Crippen molar-refractivity contribution in [1.82, 2.24) is 19.5 Å². The highest BCUT2D eigenvalue weighted by atomic mass is 32.2. The Balaban J connectivity index is 2.12. The van der Waals surface area contributed by atoms with Crippen LogP contribution in [0.3, 0.4) is 0 Å². The lowest BCUT2D eigenvalue weighted by Gasteiger charge is -2.06. The van der Waals surface area contributed by atoms with Gasteiger partial charge in [-0.3, -0.25) is 9.35 Å². The molecule has 2 aromatic heterocycles. The molecular weight excluding hydrogens is 312 g/mol. The number of benzene rings is 1. The van der Waals surface area contributed by atoms with Crippen LogP contribution in [0.1, 0.15) is 18.9 Å². The molecule has 0 aliphatic heterocycles. The molecule has 0 spiro atoms. The van der Waals surface area contributed by atoms with E-state index in [1.54, 1.807) is 0 Å². The lowest BCUT2D eigenvalue weighted by atomic mass is 10.2. The Hall–Kier alpha value is -2.48. The summed E-state index contributed by atoms with van der Waals surface area (Å²) in [5.41, 5.74) is 7.56. The van der Waals surface area contributed by atoms with Crippen LogP contribution in [-0.2, 0) is 17.2 Å². The maximum absolute atomic E-state index is 12.2. The lowest BCUT2D eigenvalue weighted by Crippen LogP contribution is -2.18. The molecule has 0 radical (unpaired) electrons. The first-order chi connectivity index (χ1) is 11.1. The summed E-state index contributed by atoms with van der Waals surface area (Å²) in [6, 6.07) is 9.67. The molecule has 3 rings (SSSR count). The molecule has 0 bridgehead atoms. The van der Waals surface area contributed by atoms with Gasteiger partial charge in [0.1, 0.15) is 5.52 Å². The first-order valence-electron chi connectivity index (χ1n) is 7.32. The average Bonchev–Trinajstić information content (AvgIpc) is 2.86. The fourth-order valence-electron chi connectivity index (χ4n) is 2.35. The first-order valence-corrected chi connectivity index (χ1v) is 8.71. The second kappa shape index (κ2) is 6.33. The zero-order chi connectivity index (χ0) is 16.4. The second-order valence-electron chi connectivity index (χ2n) is 5.19. The second-order valence-corrected chi connectivity index (χ2v) is 6.74. The molecule has 0 aliphatic carbocycles. The number of fused-ring (bicyclic) bond motifs is 1. The van der Waals surface area contributed by atoms with Crippen LogP contribution >= 0.6 is 0 Å². The number of imidazole rings is 1. The van der Waals surface area contributed by atoms with Gasteiger partial charge in [0.2, 0.25) is 5.16 Å². The van der Waals surface area contributed by atoms with Crippen LogP contribution < -0.4 is 11.4 Å². The standard InChI is InChI=1S/C15H18N6OS/c1-2-8-23(17)14-19-12(16)11-13(20-14)21(15(22)18-11)9-10-6-4-3-5-7-10/h3-7,17H,2,8-9H2,1H3,(H,18,22)(H2,16,19,20). The van der Waals surface area contributed by atoms with E-state index in [1.165, 1.54) is 4.57 Å². The SMILES string of the molecule is CCCS(=N)c1nc(N)c2[nH]c(=O)n(Cc3ccccc3)c2n1. The van der Waals surface area contributed by atoms with Crippen molar-refractivity contribution in [2.24, 2.45) is 0 Å². The van der Waals surface area contributed by atoms with Crippen LogP contribution in [0.15, 0.2) is 40.3 Å². The van der Waals surface area contributed by atoms with E-state index >= 15 is 0 Å². The Kier molecular flexibility index (Phi) is 4.24. The van der Waals surface area contributed by atoms with Crippen molar-refractivity contribution in [3.05, 3.63) is 46.4 Å². The normalized spacial score (nSPS) is 12.6. The summed E-state index contributed by atoms with van der Waals surface area (Å²) in [6.07, 6.45) is 0.873. The van der Waals surface area contributed by atoms with E-state index in [-0.39, 0.29) is 11.5 Å². The Morgan fingerprint density at radius 1 is 1.30 bits per heavy atom. The molecule has 0 amide bonds. The number of nitrogens with two attached hydrogens (primary N) is 1. The van der Waals surface area contributed by atoms with Gasteiger partial charge in [-0.25, -0.2) is 14.8 Å². The molecular formula is C15H18N6OS. The van der Waals surface area contributed by atoms with Gasteiger partial charge in [-0.05, 0) is 22.7 Å². The third-order valence-electron chi connectivity index (χ3n) is 3.44. The van der Waals surface area contributed by atoms with Gasteiger partial charge in [-0.2, -0.15) is 0 Å². The highest BCUT2D eigenvalue weighted by Gasteiger charge is 2.15. The van der Waals surface area contributed by atoms with Crippen LogP contribution in [0.4, 0.5) is 5.82 Å². The van der Waals surface area contributed by atoms with E-state index in [0.29, 0.717) is 28.6 Å². The molecule has 2 heterocycles. The Bertz CT molecular complexity index is 915. The number of aromatic nitrogens is 4. The van der Waals surface area contributed by atoms with Gasteiger partial charge in [-0.15, -0.1) is 0 Å². The van der Waals surface area contributed by atoms with Gasteiger partial charge in [0.15, 0.2) is 11.5 Å². The summed E-state index contributed by atoms with van der Waals surface area (Å²) >= 11 is 0. The quantitative estimate of drug-likeness (QED) is 0.620. The number of nitrogens with zero attached hydrogens (tertiary/aromatic N) is 3. The van der Waals surface area contributed by atoms with E-state index in [2.05, 4.69) is 15.0 Å². The summed E-state index contributed by atoms with van der Waals surface area (Å²) < 4.78 is 9.67. The molecule has 0 saturated heterocycles.